The maximum atomic E-state index is 8.92. The van der Waals surface area contributed by atoms with Crippen LogP contribution in [0.4, 0.5) is 5.69 Å². The Balaban J connectivity index is 2.39. The van der Waals surface area contributed by atoms with Crippen LogP contribution in [0.1, 0.15) is 32.3 Å². The van der Waals surface area contributed by atoms with Gasteiger partial charge in [0.25, 0.3) is 0 Å². The molecule has 0 unspecified atom stereocenters. The number of nitrogens with two attached hydrogens (primary N) is 1. The highest BCUT2D eigenvalue weighted by molar-refractivity contribution is 6.31. The maximum Gasteiger partial charge on any atom is 0.172 e. The first-order chi connectivity index (χ1) is 9.02. The predicted molar refractivity (Wildman–Crippen MR) is 79.2 cm³/mol. The average molecular weight is 282 g/mol. The molecule has 0 atom stereocenters. The van der Waals surface area contributed by atoms with Gasteiger partial charge in [0.15, 0.2) is 5.84 Å². The van der Waals surface area contributed by atoms with Crippen LogP contribution in [-0.4, -0.2) is 23.6 Å². The van der Waals surface area contributed by atoms with E-state index < -0.39 is 0 Å². The minimum absolute atomic E-state index is 0.0962. The summed E-state index contributed by atoms with van der Waals surface area (Å²) < 4.78 is 0. The molecular formula is C14H20ClN3O. The second-order valence-corrected chi connectivity index (χ2v) is 5.77. The third-order valence-corrected chi connectivity index (χ3v) is 3.66. The van der Waals surface area contributed by atoms with Crippen LogP contribution in [0.2, 0.25) is 5.02 Å². The van der Waals surface area contributed by atoms with Crippen molar-refractivity contribution in [3.05, 3.63) is 28.8 Å². The summed E-state index contributed by atoms with van der Waals surface area (Å²) in [4.78, 5) is 2.29. The smallest absolute Gasteiger partial charge is 0.172 e. The van der Waals surface area contributed by atoms with Crippen LogP contribution in [0.25, 0.3) is 0 Å². The van der Waals surface area contributed by atoms with Crippen molar-refractivity contribution in [1.82, 2.24) is 0 Å². The lowest BCUT2D eigenvalue weighted by molar-refractivity contribution is 0.318. The van der Waals surface area contributed by atoms with Gasteiger partial charge in [-0.05, 0) is 50.8 Å². The van der Waals surface area contributed by atoms with Crippen molar-refractivity contribution in [1.29, 1.82) is 0 Å². The maximum absolute atomic E-state index is 8.92. The molecule has 0 aliphatic heterocycles. The van der Waals surface area contributed by atoms with Crippen molar-refractivity contribution >= 4 is 23.1 Å². The molecule has 0 bridgehead atoms. The van der Waals surface area contributed by atoms with E-state index in [4.69, 9.17) is 22.5 Å². The number of nitrogens with zero attached hydrogens (tertiary/aromatic N) is 2. The number of amidine groups is 1. The monoisotopic (exact) mass is 281 g/mol. The molecule has 1 aliphatic carbocycles. The van der Waals surface area contributed by atoms with Crippen LogP contribution in [-0.2, 0) is 0 Å². The zero-order valence-electron chi connectivity index (χ0n) is 11.3. The highest BCUT2D eigenvalue weighted by Crippen LogP contribution is 2.34. The number of hydrogen-bond acceptors (Lipinski definition) is 3. The Morgan fingerprint density at radius 3 is 2.74 bits per heavy atom. The minimum atomic E-state index is 0.0962. The molecule has 1 aromatic rings. The lowest BCUT2D eigenvalue weighted by Gasteiger charge is -2.31. The third kappa shape index (κ3) is 3.32. The molecule has 1 fully saturated rings. The van der Waals surface area contributed by atoms with Crippen molar-refractivity contribution in [2.45, 2.75) is 32.7 Å². The largest absolute Gasteiger partial charge is 0.409 e. The Bertz CT molecular complexity index is 484. The van der Waals surface area contributed by atoms with Crippen molar-refractivity contribution in [2.75, 3.05) is 11.4 Å². The summed E-state index contributed by atoms with van der Waals surface area (Å²) in [6.45, 7) is 5.30. The summed E-state index contributed by atoms with van der Waals surface area (Å²) in [5, 5.41) is 12.6. The van der Waals surface area contributed by atoms with E-state index in [-0.39, 0.29) is 5.84 Å². The van der Waals surface area contributed by atoms with Gasteiger partial charge in [-0.25, -0.2) is 0 Å². The van der Waals surface area contributed by atoms with Crippen LogP contribution in [0.5, 0.6) is 0 Å². The predicted octanol–water partition coefficient (Wildman–Crippen LogP) is 3.06. The van der Waals surface area contributed by atoms with Gasteiger partial charge in [-0.15, -0.1) is 0 Å². The van der Waals surface area contributed by atoms with E-state index in [0.29, 0.717) is 16.6 Å². The molecule has 0 heterocycles. The molecule has 1 aliphatic rings. The molecular weight excluding hydrogens is 262 g/mol. The zero-order valence-corrected chi connectivity index (χ0v) is 12.1. The van der Waals surface area contributed by atoms with Crippen LogP contribution >= 0.6 is 11.6 Å². The van der Waals surface area contributed by atoms with E-state index in [0.717, 1.165) is 18.2 Å². The fraction of sp³-hybridized carbons (Fsp3) is 0.500. The molecule has 19 heavy (non-hydrogen) atoms. The van der Waals surface area contributed by atoms with Crippen LogP contribution in [0.3, 0.4) is 0 Å². The van der Waals surface area contributed by atoms with Gasteiger partial charge in [0.2, 0.25) is 0 Å². The van der Waals surface area contributed by atoms with Gasteiger partial charge >= 0.3 is 0 Å². The number of anilines is 1. The van der Waals surface area contributed by atoms with Crippen LogP contribution in [0, 0.1) is 5.92 Å². The van der Waals surface area contributed by atoms with E-state index in [1.54, 1.807) is 6.07 Å². The number of benzene rings is 1. The molecule has 5 heteroatoms. The van der Waals surface area contributed by atoms with E-state index >= 15 is 0 Å². The normalized spacial score (nSPS) is 15.9. The lowest BCUT2D eigenvalue weighted by Crippen LogP contribution is -2.34. The Hall–Kier alpha value is -1.42. The molecule has 2 rings (SSSR count). The summed E-state index contributed by atoms with van der Waals surface area (Å²) in [6.07, 6.45) is 2.57. The SMILES string of the molecule is CC(C)N(CC1CC1)c1ccc(Cl)cc1/C(N)=N/O. The summed E-state index contributed by atoms with van der Waals surface area (Å²) in [5.74, 6) is 0.858. The van der Waals surface area contributed by atoms with E-state index in [1.807, 2.05) is 12.1 Å². The average Bonchev–Trinajstić information content (AvgIpc) is 3.19. The van der Waals surface area contributed by atoms with E-state index in [2.05, 4.69) is 23.9 Å². The standard InChI is InChI=1S/C14H20ClN3O/c1-9(2)18(8-10-3-4-10)13-6-5-11(15)7-12(13)14(16)17-19/h5-7,9-10,19H,3-4,8H2,1-2H3,(H2,16,17). The van der Waals surface area contributed by atoms with Gasteiger partial charge in [0, 0.05) is 28.9 Å². The summed E-state index contributed by atoms with van der Waals surface area (Å²) in [7, 11) is 0. The molecule has 1 saturated carbocycles. The Morgan fingerprint density at radius 1 is 1.53 bits per heavy atom. The number of rotatable bonds is 5. The van der Waals surface area contributed by atoms with Gasteiger partial charge in [-0.3, -0.25) is 0 Å². The van der Waals surface area contributed by atoms with E-state index in [9.17, 15) is 0 Å². The van der Waals surface area contributed by atoms with Gasteiger partial charge in [-0.1, -0.05) is 16.8 Å². The van der Waals surface area contributed by atoms with Crippen molar-refractivity contribution in [3.8, 4) is 0 Å². The summed E-state index contributed by atoms with van der Waals surface area (Å²) in [6, 6.07) is 5.88. The molecule has 0 aromatic heterocycles. The van der Waals surface area contributed by atoms with Crippen molar-refractivity contribution < 1.29 is 5.21 Å². The van der Waals surface area contributed by atoms with E-state index in [1.165, 1.54) is 12.8 Å². The summed E-state index contributed by atoms with van der Waals surface area (Å²) >= 11 is 6.01. The summed E-state index contributed by atoms with van der Waals surface area (Å²) in [5.41, 5.74) is 7.42. The lowest BCUT2D eigenvalue weighted by atomic mass is 10.1. The second kappa shape index (κ2) is 5.70. The van der Waals surface area contributed by atoms with Crippen molar-refractivity contribution in [3.63, 3.8) is 0 Å². The molecule has 0 radical (unpaired) electrons. The van der Waals surface area contributed by atoms with Crippen LogP contribution in [0.15, 0.2) is 23.4 Å². The highest BCUT2D eigenvalue weighted by Gasteiger charge is 2.27. The molecule has 3 N–H and O–H groups in total. The first-order valence-corrected chi connectivity index (χ1v) is 6.94. The Labute approximate surface area is 118 Å². The molecule has 1 aromatic carbocycles. The number of hydrogen-bond donors (Lipinski definition) is 2. The van der Waals surface area contributed by atoms with Gasteiger partial charge in [0.1, 0.15) is 0 Å². The van der Waals surface area contributed by atoms with Gasteiger partial charge in [0.05, 0.1) is 0 Å². The zero-order chi connectivity index (χ0) is 14.0. The quantitative estimate of drug-likeness (QED) is 0.377. The fourth-order valence-corrected chi connectivity index (χ4v) is 2.36. The fourth-order valence-electron chi connectivity index (χ4n) is 2.18. The number of halogens is 1. The third-order valence-electron chi connectivity index (χ3n) is 3.43. The molecule has 4 nitrogen and oxygen atoms in total. The molecule has 0 amide bonds. The van der Waals surface area contributed by atoms with Gasteiger partial charge in [-0.2, -0.15) is 0 Å². The highest BCUT2D eigenvalue weighted by atomic mass is 35.5. The molecule has 104 valence electrons. The molecule has 0 spiro atoms. The van der Waals surface area contributed by atoms with Crippen LogP contribution < -0.4 is 10.6 Å². The second-order valence-electron chi connectivity index (χ2n) is 5.34. The molecule has 0 saturated heterocycles. The topological polar surface area (TPSA) is 61.8 Å². The van der Waals surface area contributed by atoms with Gasteiger partial charge < -0.3 is 15.8 Å². The Morgan fingerprint density at radius 2 is 2.21 bits per heavy atom. The Kier molecular flexibility index (Phi) is 4.20. The van der Waals surface area contributed by atoms with Crippen molar-refractivity contribution in [2.24, 2.45) is 16.8 Å². The first-order valence-electron chi connectivity index (χ1n) is 6.57. The minimum Gasteiger partial charge on any atom is -0.409 e. The number of oxime groups is 1. The first kappa shape index (κ1) is 14.0.